The molecule has 3 rings (SSSR count). The van der Waals surface area contributed by atoms with E-state index in [1.807, 2.05) is 68.4 Å². The number of aryl methyl sites for hydroxylation is 3. The van der Waals surface area contributed by atoms with Crippen LogP contribution in [0.15, 0.2) is 54.6 Å². The summed E-state index contributed by atoms with van der Waals surface area (Å²) in [6.45, 7) is 6.25. The summed E-state index contributed by atoms with van der Waals surface area (Å²) in [5, 5.41) is 4.60. The number of rotatable bonds is 8. The lowest BCUT2D eigenvalue weighted by Gasteiger charge is -2.10. The zero-order chi connectivity index (χ0) is 19.9. The highest BCUT2D eigenvalue weighted by molar-refractivity contribution is 5.91. The van der Waals surface area contributed by atoms with Gasteiger partial charge in [0.05, 0.1) is 16.9 Å². The maximum Gasteiger partial charge on any atom is 0.344 e. The fraction of sp³-hybridized carbons (Fsp3) is 0.333. The first-order valence-electron chi connectivity index (χ1n) is 10.1. The Labute approximate surface area is 167 Å². The van der Waals surface area contributed by atoms with E-state index in [-0.39, 0.29) is 5.97 Å². The zero-order valence-electron chi connectivity index (χ0n) is 16.9. The summed E-state index contributed by atoms with van der Waals surface area (Å²) >= 11 is 0. The highest BCUT2D eigenvalue weighted by Gasteiger charge is 2.16. The summed E-state index contributed by atoms with van der Waals surface area (Å²) < 4.78 is 7.44. The molecule has 4 heteroatoms. The molecule has 4 nitrogen and oxygen atoms in total. The second kappa shape index (κ2) is 9.36. The first-order chi connectivity index (χ1) is 13.6. The van der Waals surface area contributed by atoms with Gasteiger partial charge in [0.2, 0.25) is 5.88 Å². The lowest BCUT2D eigenvalue weighted by Crippen LogP contribution is -2.12. The maximum atomic E-state index is 12.7. The Kier molecular flexibility index (Phi) is 6.64. The number of nitrogens with zero attached hydrogens (tertiary/aromatic N) is 2. The van der Waals surface area contributed by atoms with Gasteiger partial charge in [-0.25, -0.2) is 9.48 Å². The van der Waals surface area contributed by atoms with Crippen molar-refractivity contribution in [3.05, 3.63) is 77.0 Å². The van der Waals surface area contributed by atoms with Crippen molar-refractivity contribution in [2.24, 2.45) is 0 Å². The van der Waals surface area contributed by atoms with E-state index in [2.05, 4.69) is 12.0 Å². The van der Waals surface area contributed by atoms with E-state index in [9.17, 15) is 4.79 Å². The standard InChI is InChI=1S/C24H28N2O2/c1-4-6-7-11-19-13-15-20(16-14-19)24(27)28-23-17-21(5-2)25-26(23)22-12-9-8-10-18(22)3/h8-10,12-17H,4-7,11H2,1-3H3. The van der Waals surface area contributed by atoms with E-state index in [4.69, 9.17) is 4.74 Å². The van der Waals surface area contributed by atoms with Gasteiger partial charge in [0.15, 0.2) is 0 Å². The molecule has 3 aromatic rings. The van der Waals surface area contributed by atoms with Crippen LogP contribution in [-0.4, -0.2) is 15.7 Å². The molecule has 0 saturated carbocycles. The fourth-order valence-corrected chi connectivity index (χ4v) is 3.17. The maximum absolute atomic E-state index is 12.7. The molecular weight excluding hydrogens is 348 g/mol. The third-order valence-corrected chi connectivity index (χ3v) is 4.89. The van der Waals surface area contributed by atoms with Gasteiger partial charge < -0.3 is 4.74 Å². The van der Waals surface area contributed by atoms with Gasteiger partial charge in [-0.2, -0.15) is 5.10 Å². The van der Waals surface area contributed by atoms with Crippen molar-refractivity contribution in [2.45, 2.75) is 52.9 Å². The Balaban J connectivity index is 1.79. The molecule has 146 valence electrons. The number of esters is 1. The predicted molar refractivity (Wildman–Crippen MR) is 112 cm³/mol. The average molecular weight is 377 g/mol. The molecule has 0 aliphatic heterocycles. The minimum absolute atomic E-state index is 0.363. The summed E-state index contributed by atoms with van der Waals surface area (Å²) in [4.78, 5) is 12.7. The Hall–Kier alpha value is -2.88. The molecule has 0 saturated heterocycles. The Morgan fingerprint density at radius 1 is 1.04 bits per heavy atom. The van der Waals surface area contributed by atoms with Crippen LogP contribution in [0.3, 0.4) is 0 Å². The zero-order valence-corrected chi connectivity index (χ0v) is 16.9. The highest BCUT2D eigenvalue weighted by Crippen LogP contribution is 2.23. The summed E-state index contributed by atoms with van der Waals surface area (Å²) in [5.41, 5.74) is 4.67. The van der Waals surface area contributed by atoms with Crippen molar-refractivity contribution in [1.82, 2.24) is 9.78 Å². The lowest BCUT2D eigenvalue weighted by molar-refractivity contribution is 0.0723. The molecule has 1 aromatic heterocycles. The summed E-state index contributed by atoms with van der Waals surface area (Å²) in [5.74, 6) is 0.0840. The van der Waals surface area contributed by atoms with E-state index < -0.39 is 0 Å². The van der Waals surface area contributed by atoms with Gasteiger partial charge in [0.25, 0.3) is 0 Å². The largest absolute Gasteiger partial charge is 0.404 e. The van der Waals surface area contributed by atoms with Gasteiger partial charge in [-0.15, -0.1) is 0 Å². The third kappa shape index (κ3) is 4.69. The van der Waals surface area contributed by atoms with Crippen molar-refractivity contribution >= 4 is 5.97 Å². The van der Waals surface area contributed by atoms with Gasteiger partial charge in [-0.3, -0.25) is 0 Å². The Morgan fingerprint density at radius 2 is 1.79 bits per heavy atom. The molecule has 28 heavy (non-hydrogen) atoms. The minimum Gasteiger partial charge on any atom is -0.404 e. The van der Waals surface area contributed by atoms with Crippen LogP contribution in [0.2, 0.25) is 0 Å². The molecule has 0 atom stereocenters. The van der Waals surface area contributed by atoms with Gasteiger partial charge in [-0.1, -0.05) is 57.0 Å². The number of benzene rings is 2. The molecule has 0 spiro atoms. The molecule has 0 fully saturated rings. The summed E-state index contributed by atoms with van der Waals surface area (Å²) in [6, 6.07) is 17.5. The van der Waals surface area contributed by atoms with E-state index in [0.717, 1.165) is 29.8 Å². The van der Waals surface area contributed by atoms with E-state index in [1.165, 1.54) is 24.8 Å². The quantitative estimate of drug-likeness (QED) is 0.374. The van der Waals surface area contributed by atoms with Crippen molar-refractivity contribution in [3.63, 3.8) is 0 Å². The van der Waals surface area contributed by atoms with Crippen molar-refractivity contribution in [2.75, 3.05) is 0 Å². The highest BCUT2D eigenvalue weighted by atomic mass is 16.5. The molecule has 1 heterocycles. The van der Waals surface area contributed by atoms with Crippen molar-refractivity contribution in [1.29, 1.82) is 0 Å². The Bertz CT molecular complexity index is 926. The van der Waals surface area contributed by atoms with E-state index in [1.54, 1.807) is 4.68 Å². The molecule has 0 bridgehead atoms. The van der Waals surface area contributed by atoms with Crippen molar-refractivity contribution < 1.29 is 9.53 Å². The molecule has 2 aromatic carbocycles. The van der Waals surface area contributed by atoms with Gasteiger partial charge >= 0.3 is 5.97 Å². The SMILES string of the molecule is CCCCCc1ccc(C(=O)Oc2cc(CC)nn2-c2ccccc2C)cc1. The van der Waals surface area contributed by atoms with Gasteiger partial charge in [0, 0.05) is 6.07 Å². The molecule has 0 N–H and O–H groups in total. The number of unbranched alkanes of at least 4 members (excludes halogenated alkanes) is 2. The van der Waals surface area contributed by atoms with Crippen LogP contribution in [0.5, 0.6) is 5.88 Å². The second-order valence-electron chi connectivity index (χ2n) is 7.07. The molecule has 0 unspecified atom stereocenters. The smallest absolute Gasteiger partial charge is 0.344 e. The Morgan fingerprint density at radius 3 is 2.46 bits per heavy atom. The van der Waals surface area contributed by atoms with Gasteiger partial charge in [0.1, 0.15) is 0 Å². The number of para-hydroxylation sites is 1. The van der Waals surface area contributed by atoms with Gasteiger partial charge in [-0.05, 0) is 55.5 Å². The first-order valence-corrected chi connectivity index (χ1v) is 10.1. The normalized spacial score (nSPS) is 10.8. The monoisotopic (exact) mass is 376 g/mol. The minimum atomic E-state index is -0.363. The number of hydrogen-bond acceptors (Lipinski definition) is 3. The number of hydrogen-bond donors (Lipinski definition) is 0. The van der Waals surface area contributed by atoms with Crippen molar-refractivity contribution in [3.8, 4) is 11.6 Å². The molecule has 0 amide bonds. The van der Waals surface area contributed by atoms with Crippen LogP contribution < -0.4 is 4.74 Å². The summed E-state index contributed by atoms with van der Waals surface area (Å²) in [6.07, 6.45) is 5.43. The van der Waals surface area contributed by atoms with Crippen LogP contribution in [0.25, 0.3) is 5.69 Å². The number of carbonyl (C=O) groups is 1. The topological polar surface area (TPSA) is 44.1 Å². The van der Waals surface area contributed by atoms with Crippen LogP contribution >= 0.6 is 0 Å². The molecule has 0 aliphatic rings. The first kappa shape index (κ1) is 19.9. The number of ether oxygens (including phenoxy) is 1. The van der Waals surface area contributed by atoms with Crippen LogP contribution in [0.1, 0.15) is 60.3 Å². The fourth-order valence-electron chi connectivity index (χ4n) is 3.17. The van der Waals surface area contributed by atoms with E-state index >= 15 is 0 Å². The van der Waals surface area contributed by atoms with Crippen LogP contribution in [0.4, 0.5) is 0 Å². The summed E-state index contributed by atoms with van der Waals surface area (Å²) in [7, 11) is 0. The number of aromatic nitrogens is 2. The lowest BCUT2D eigenvalue weighted by atomic mass is 10.1. The van der Waals surface area contributed by atoms with Crippen LogP contribution in [-0.2, 0) is 12.8 Å². The molecular formula is C24H28N2O2. The molecule has 0 aliphatic carbocycles. The third-order valence-electron chi connectivity index (χ3n) is 4.89. The second-order valence-corrected chi connectivity index (χ2v) is 7.07. The molecule has 0 radical (unpaired) electrons. The van der Waals surface area contributed by atoms with Crippen LogP contribution in [0, 0.1) is 6.92 Å². The average Bonchev–Trinajstić information content (AvgIpc) is 3.11. The number of carbonyl (C=O) groups excluding carboxylic acids is 1. The predicted octanol–water partition coefficient (Wildman–Crippen LogP) is 5.70. The van der Waals surface area contributed by atoms with E-state index in [0.29, 0.717) is 11.4 Å².